The lowest BCUT2D eigenvalue weighted by Crippen LogP contribution is -1.97. The van der Waals surface area contributed by atoms with Crippen LogP contribution >= 0.6 is 0 Å². The summed E-state index contributed by atoms with van der Waals surface area (Å²) in [6.45, 7) is 3.01. The number of anilines is 1. The summed E-state index contributed by atoms with van der Waals surface area (Å²) in [5.74, 6) is 0.921. The molecule has 0 radical (unpaired) electrons. The van der Waals surface area contributed by atoms with Crippen molar-refractivity contribution in [3.05, 3.63) is 60.2 Å². The standard InChI is InChI=1S/C19H24N2O/c1-2-3-4-8-15-22-19-13-11-17(12-14-19)16-20-21-18-9-6-5-7-10-18/h5-7,9-14,16,21H,2-4,8,15H2,1H3/b20-16+. The van der Waals surface area contributed by atoms with Gasteiger partial charge < -0.3 is 4.74 Å². The first-order chi connectivity index (χ1) is 10.9. The summed E-state index contributed by atoms with van der Waals surface area (Å²) in [6.07, 6.45) is 6.71. The summed E-state index contributed by atoms with van der Waals surface area (Å²) < 4.78 is 5.72. The number of hydrogen-bond acceptors (Lipinski definition) is 3. The van der Waals surface area contributed by atoms with Gasteiger partial charge in [0.15, 0.2) is 0 Å². The van der Waals surface area contributed by atoms with Crippen LogP contribution < -0.4 is 10.2 Å². The quantitative estimate of drug-likeness (QED) is 0.397. The second-order valence-corrected chi connectivity index (χ2v) is 5.21. The average Bonchev–Trinajstić information content (AvgIpc) is 2.57. The summed E-state index contributed by atoms with van der Waals surface area (Å²) in [7, 11) is 0. The van der Waals surface area contributed by atoms with Crippen molar-refractivity contribution in [1.82, 2.24) is 0 Å². The van der Waals surface area contributed by atoms with Crippen LogP contribution in [0.1, 0.15) is 38.2 Å². The maximum Gasteiger partial charge on any atom is 0.119 e. The summed E-state index contributed by atoms with van der Waals surface area (Å²) in [5.41, 5.74) is 5.02. The Morgan fingerprint density at radius 1 is 0.955 bits per heavy atom. The summed E-state index contributed by atoms with van der Waals surface area (Å²) in [4.78, 5) is 0. The van der Waals surface area contributed by atoms with Gasteiger partial charge in [-0.2, -0.15) is 5.10 Å². The Labute approximate surface area is 133 Å². The molecular formula is C19H24N2O. The molecule has 3 nitrogen and oxygen atoms in total. The number of nitrogens with one attached hydrogen (secondary N) is 1. The van der Waals surface area contributed by atoms with E-state index >= 15 is 0 Å². The third kappa shape index (κ3) is 6.00. The monoisotopic (exact) mass is 296 g/mol. The molecule has 2 rings (SSSR count). The summed E-state index contributed by atoms with van der Waals surface area (Å²) >= 11 is 0. The highest BCUT2D eigenvalue weighted by atomic mass is 16.5. The normalized spacial score (nSPS) is 10.8. The van der Waals surface area contributed by atoms with Gasteiger partial charge in [0.25, 0.3) is 0 Å². The molecule has 0 fully saturated rings. The van der Waals surface area contributed by atoms with Crippen molar-refractivity contribution in [2.75, 3.05) is 12.0 Å². The molecule has 0 aliphatic heterocycles. The van der Waals surface area contributed by atoms with Crippen LogP contribution in [-0.2, 0) is 0 Å². The van der Waals surface area contributed by atoms with E-state index in [1.807, 2.05) is 54.6 Å². The topological polar surface area (TPSA) is 33.6 Å². The molecule has 0 aromatic heterocycles. The number of ether oxygens (including phenoxy) is 1. The molecule has 0 atom stereocenters. The van der Waals surface area contributed by atoms with E-state index in [1.165, 1.54) is 19.3 Å². The predicted molar refractivity (Wildman–Crippen MR) is 93.7 cm³/mol. The third-order valence-corrected chi connectivity index (χ3v) is 3.33. The van der Waals surface area contributed by atoms with Crippen molar-refractivity contribution in [3.63, 3.8) is 0 Å². The van der Waals surface area contributed by atoms with E-state index in [0.717, 1.165) is 30.0 Å². The SMILES string of the molecule is CCCCCCOc1ccc(/C=N/Nc2ccccc2)cc1. The molecule has 2 aromatic rings. The van der Waals surface area contributed by atoms with Crippen molar-refractivity contribution >= 4 is 11.9 Å². The van der Waals surface area contributed by atoms with E-state index in [1.54, 1.807) is 6.21 Å². The van der Waals surface area contributed by atoms with Crippen LogP contribution in [0.2, 0.25) is 0 Å². The molecule has 22 heavy (non-hydrogen) atoms. The molecule has 3 heteroatoms. The van der Waals surface area contributed by atoms with Crippen molar-refractivity contribution in [2.24, 2.45) is 5.10 Å². The summed E-state index contributed by atoms with van der Waals surface area (Å²) in [6, 6.07) is 17.9. The molecule has 0 aliphatic carbocycles. The van der Waals surface area contributed by atoms with Crippen LogP contribution in [0.25, 0.3) is 0 Å². The van der Waals surface area contributed by atoms with Crippen molar-refractivity contribution in [1.29, 1.82) is 0 Å². The Morgan fingerprint density at radius 2 is 1.73 bits per heavy atom. The summed E-state index contributed by atoms with van der Waals surface area (Å²) in [5, 5.41) is 4.22. The fourth-order valence-electron chi connectivity index (χ4n) is 2.06. The van der Waals surface area contributed by atoms with Gasteiger partial charge in [0, 0.05) is 0 Å². The van der Waals surface area contributed by atoms with E-state index in [0.29, 0.717) is 0 Å². The van der Waals surface area contributed by atoms with Gasteiger partial charge in [-0.1, -0.05) is 44.4 Å². The maximum atomic E-state index is 5.72. The lowest BCUT2D eigenvalue weighted by molar-refractivity contribution is 0.305. The Kier molecular flexibility index (Phi) is 7.03. The van der Waals surface area contributed by atoms with E-state index in [-0.39, 0.29) is 0 Å². The van der Waals surface area contributed by atoms with Crippen LogP contribution in [0.15, 0.2) is 59.7 Å². The third-order valence-electron chi connectivity index (χ3n) is 3.33. The van der Waals surface area contributed by atoms with Crippen molar-refractivity contribution in [2.45, 2.75) is 32.6 Å². The van der Waals surface area contributed by atoms with Crippen LogP contribution in [0, 0.1) is 0 Å². The second kappa shape index (κ2) is 9.61. The minimum atomic E-state index is 0.795. The first-order valence-electron chi connectivity index (χ1n) is 7.95. The molecule has 0 unspecified atom stereocenters. The Balaban J connectivity index is 1.74. The van der Waals surface area contributed by atoms with Gasteiger partial charge in [-0.05, 0) is 48.4 Å². The molecule has 116 valence electrons. The predicted octanol–water partition coefficient (Wildman–Crippen LogP) is 5.09. The van der Waals surface area contributed by atoms with Crippen LogP contribution in [-0.4, -0.2) is 12.8 Å². The van der Waals surface area contributed by atoms with E-state index < -0.39 is 0 Å². The zero-order chi connectivity index (χ0) is 15.5. The molecule has 0 spiro atoms. The number of hydrazone groups is 1. The highest BCUT2D eigenvalue weighted by molar-refractivity contribution is 5.80. The fraction of sp³-hybridized carbons (Fsp3) is 0.316. The minimum absolute atomic E-state index is 0.795. The number of para-hydroxylation sites is 1. The second-order valence-electron chi connectivity index (χ2n) is 5.21. The van der Waals surface area contributed by atoms with Gasteiger partial charge in [0.05, 0.1) is 18.5 Å². The van der Waals surface area contributed by atoms with Crippen molar-refractivity contribution < 1.29 is 4.74 Å². The lowest BCUT2D eigenvalue weighted by Gasteiger charge is -2.06. The smallest absolute Gasteiger partial charge is 0.119 e. The highest BCUT2D eigenvalue weighted by Crippen LogP contribution is 2.12. The molecule has 0 saturated carbocycles. The first kappa shape index (κ1) is 16.1. The van der Waals surface area contributed by atoms with Gasteiger partial charge in [-0.15, -0.1) is 0 Å². The number of hydrogen-bond donors (Lipinski definition) is 1. The van der Waals surface area contributed by atoms with Crippen LogP contribution in [0.5, 0.6) is 5.75 Å². The highest BCUT2D eigenvalue weighted by Gasteiger charge is 1.94. The zero-order valence-electron chi connectivity index (χ0n) is 13.2. The maximum absolute atomic E-state index is 5.72. The molecular weight excluding hydrogens is 272 g/mol. The van der Waals surface area contributed by atoms with Crippen LogP contribution in [0.3, 0.4) is 0 Å². The van der Waals surface area contributed by atoms with Gasteiger partial charge in [0.2, 0.25) is 0 Å². The first-order valence-corrected chi connectivity index (χ1v) is 7.95. The van der Waals surface area contributed by atoms with E-state index in [4.69, 9.17) is 4.74 Å². The largest absolute Gasteiger partial charge is 0.494 e. The molecule has 0 bridgehead atoms. The molecule has 2 aromatic carbocycles. The Hall–Kier alpha value is -2.29. The molecule has 0 saturated heterocycles. The Morgan fingerprint density at radius 3 is 2.45 bits per heavy atom. The number of benzene rings is 2. The number of unbranched alkanes of at least 4 members (excludes halogenated alkanes) is 3. The molecule has 1 N–H and O–H groups in total. The van der Waals surface area contributed by atoms with Gasteiger partial charge in [0.1, 0.15) is 5.75 Å². The number of nitrogens with zero attached hydrogens (tertiary/aromatic N) is 1. The van der Waals surface area contributed by atoms with Gasteiger partial charge in [-0.3, -0.25) is 5.43 Å². The average molecular weight is 296 g/mol. The Bertz CT molecular complexity index is 549. The number of rotatable bonds is 9. The molecule has 0 heterocycles. The van der Waals surface area contributed by atoms with Crippen LogP contribution in [0.4, 0.5) is 5.69 Å². The minimum Gasteiger partial charge on any atom is -0.494 e. The lowest BCUT2D eigenvalue weighted by atomic mass is 10.2. The molecule has 0 aliphatic rings. The van der Waals surface area contributed by atoms with E-state index in [9.17, 15) is 0 Å². The molecule has 0 amide bonds. The van der Waals surface area contributed by atoms with Crippen molar-refractivity contribution in [3.8, 4) is 5.75 Å². The zero-order valence-corrected chi connectivity index (χ0v) is 13.2. The van der Waals surface area contributed by atoms with Gasteiger partial charge in [-0.25, -0.2) is 0 Å². The van der Waals surface area contributed by atoms with Gasteiger partial charge >= 0.3 is 0 Å². The van der Waals surface area contributed by atoms with E-state index in [2.05, 4.69) is 17.5 Å². The fourth-order valence-corrected chi connectivity index (χ4v) is 2.06.